The number of nitrogens with zero attached hydrogens (tertiary/aromatic N) is 1. The molecule has 0 radical (unpaired) electrons. The number of fused-ring (bicyclic) bond motifs is 2. The summed E-state index contributed by atoms with van der Waals surface area (Å²) < 4.78 is 0. The van der Waals surface area contributed by atoms with Crippen molar-refractivity contribution in [3.63, 3.8) is 0 Å². The zero-order chi connectivity index (χ0) is 15.1. The molecule has 4 nitrogen and oxygen atoms in total. The van der Waals surface area contributed by atoms with E-state index in [1.165, 1.54) is 0 Å². The molecule has 2 N–H and O–H groups in total. The van der Waals surface area contributed by atoms with Gasteiger partial charge in [-0.1, -0.05) is 30.3 Å². The highest BCUT2D eigenvalue weighted by atomic mass is 16.3. The Morgan fingerprint density at radius 3 is 2.68 bits per heavy atom. The monoisotopic (exact) mass is 290 g/mol. The molecule has 3 aromatic rings. The highest BCUT2D eigenvalue weighted by Gasteiger charge is 2.28. The molecule has 1 aliphatic rings. The van der Waals surface area contributed by atoms with Gasteiger partial charge in [-0.15, -0.1) is 0 Å². The number of aromatic nitrogens is 1. The van der Waals surface area contributed by atoms with Crippen LogP contribution in [0.25, 0.3) is 22.0 Å². The van der Waals surface area contributed by atoms with Crippen molar-refractivity contribution in [3.8, 4) is 11.3 Å². The van der Waals surface area contributed by atoms with Gasteiger partial charge in [0.25, 0.3) is 0 Å². The molecule has 1 heterocycles. The molecule has 1 aliphatic carbocycles. The van der Waals surface area contributed by atoms with Crippen LogP contribution in [-0.2, 0) is 0 Å². The molecule has 4 rings (SSSR count). The van der Waals surface area contributed by atoms with Crippen molar-refractivity contribution in [1.29, 1.82) is 0 Å². The number of carbonyl (C=O) groups is 1. The molecule has 0 bridgehead atoms. The predicted octanol–water partition coefficient (Wildman–Crippen LogP) is 2.85. The van der Waals surface area contributed by atoms with E-state index in [0.717, 1.165) is 27.7 Å². The number of carbonyl (C=O) groups excluding carboxylic acids is 1. The zero-order valence-electron chi connectivity index (χ0n) is 11.8. The van der Waals surface area contributed by atoms with E-state index in [2.05, 4.69) is 10.3 Å². The van der Waals surface area contributed by atoms with Gasteiger partial charge in [-0.25, -0.2) is 0 Å². The van der Waals surface area contributed by atoms with Gasteiger partial charge in [0.05, 0.1) is 17.9 Å². The molecular formula is C18H14N2O2. The van der Waals surface area contributed by atoms with Gasteiger partial charge in [-0.05, 0) is 17.5 Å². The van der Waals surface area contributed by atoms with Crippen molar-refractivity contribution >= 4 is 22.2 Å². The van der Waals surface area contributed by atoms with Crippen LogP contribution in [0.4, 0.5) is 5.69 Å². The van der Waals surface area contributed by atoms with E-state index in [0.29, 0.717) is 17.7 Å². The fourth-order valence-corrected chi connectivity index (χ4v) is 3.07. The van der Waals surface area contributed by atoms with E-state index in [1.54, 1.807) is 6.20 Å². The molecule has 108 valence electrons. The number of pyridine rings is 1. The van der Waals surface area contributed by atoms with Crippen LogP contribution in [0, 0.1) is 0 Å². The van der Waals surface area contributed by atoms with E-state index in [4.69, 9.17) is 5.11 Å². The summed E-state index contributed by atoms with van der Waals surface area (Å²) in [6.45, 7) is 0.422. The summed E-state index contributed by atoms with van der Waals surface area (Å²) in [6.07, 6.45) is 1.77. The molecule has 0 fully saturated rings. The summed E-state index contributed by atoms with van der Waals surface area (Å²) in [5.41, 5.74) is 3.79. The van der Waals surface area contributed by atoms with Crippen LogP contribution >= 0.6 is 0 Å². The summed E-state index contributed by atoms with van der Waals surface area (Å²) in [6, 6.07) is 13.3. The minimum absolute atomic E-state index is 0.00198. The van der Waals surface area contributed by atoms with E-state index in [-0.39, 0.29) is 12.4 Å². The number of rotatable bonds is 3. The van der Waals surface area contributed by atoms with Crippen LogP contribution in [0.2, 0.25) is 0 Å². The van der Waals surface area contributed by atoms with E-state index in [1.807, 2.05) is 42.5 Å². The van der Waals surface area contributed by atoms with Crippen LogP contribution in [0.5, 0.6) is 0 Å². The van der Waals surface area contributed by atoms with Crippen molar-refractivity contribution < 1.29 is 9.90 Å². The fraction of sp³-hybridized carbons (Fsp3) is 0.111. The molecule has 0 saturated heterocycles. The molecule has 0 atom stereocenters. The number of nitrogens with one attached hydrogen (secondary N) is 1. The van der Waals surface area contributed by atoms with Gasteiger partial charge < -0.3 is 10.4 Å². The summed E-state index contributed by atoms with van der Waals surface area (Å²) >= 11 is 0. The third-order valence-corrected chi connectivity index (χ3v) is 4.01. The Bertz CT molecular complexity index is 903. The third-order valence-electron chi connectivity index (χ3n) is 4.01. The van der Waals surface area contributed by atoms with Crippen LogP contribution in [0.15, 0.2) is 48.7 Å². The van der Waals surface area contributed by atoms with Gasteiger partial charge in [-0.2, -0.15) is 0 Å². The molecular weight excluding hydrogens is 276 g/mol. The second-order valence-electron chi connectivity index (χ2n) is 5.27. The first-order chi connectivity index (χ1) is 10.8. The van der Waals surface area contributed by atoms with Crippen LogP contribution in [-0.4, -0.2) is 29.0 Å². The standard InChI is InChI=1S/C18H14N2O2/c21-10-9-19-14-6-5-11-7-8-20-17-12-3-1-2-4-13(12)18(22)16(14)15(11)17/h1-8,19,21H,9-10H2. The van der Waals surface area contributed by atoms with E-state index in [9.17, 15) is 4.79 Å². The Labute approximate surface area is 127 Å². The average molecular weight is 290 g/mol. The molecule has 0 aliphatic heterocycles. The Kier molecular flexibility index (Phi) is 2.91. The summed E-state index contributed by atoms with van der Waals surface area (Å²) in [5, 5.41) is 14.0. The predicted molar refractivity (Wildman–Crippen MR) is 86.2 cm³/mol. The number of hydrogen-bond acceptors (Lipinski definition) is 4. The number of anilines is 1. The topological polar surface area (TPSA) is 62.2 Å². The summed E-state index contributed by atoms with van der Waals surface area (Å²) in [5.74, 6) is 0.00198. The molecule has 0 saturated carbocycles. The van der Waals surface area contributed by atoms with Gasteiger partial charge in [0.15, 0.2) is 5.78 Å². The third kappa shape index (κ3) is 1.74. The quantitative estimate of drug-likeness (QED) is 0.609. The molecule has 4 heteroatoms. The van der Waals surface area contributed by atoms with Gasteiger partial charge in [-0.3, -0.25) is 9.78 Å². The van der Waals surface area contributed by atoms with E-state index >= 15 is 0 Å². The minimum atomic E-state index is 0.00198. The number of ketones is 1. The smallest absolute Gasteiger partial charge is 0.196 e. The lowest BCUT2D eigenvalue weighted by Crippen LogP contribution is -2.15. The first-order valence-corrected chi connectivity index (χ1v) is 7.22. The lowest BCUT2D eigenvalue weighted by Gasteiger charge is -2.21. The molecule has 0 spiro atoms. The summed E-state index contributed by atoms with van der Waals surface area (Å²) in [4.78, 5) is 17.5. The summed E-state index contributed by atoms with van der Waals surface area (Å²) in [7, 11) is 0. The molecule has 2 aromatic carbocycles. The van der Waals surface area contributed by atoms with Gasteiger partial charge in [0.1, 0.15) is 0 Å². The molecule has 0 unspecified atom stereocenters. The average Bonchev–Trinajstić information content (AvgIpc) is 2.57. The highest BCUT2D eigenvalue weighted by molar-refractivity contribution is 6.27. The van der Waals surface area contributed by atoms with Crippen molar-refractivity contribution in [3.05, 3.63) is 59.8 Å². The Balaban J connectivity index is 2.09. The lowest BCUT2D eigenvalue weighted by atomic mass is 9.85. The van der Waals surface area contributed by atoms with Crippen molar-refractivity contribution in [2.45, 2.75) is 0 Å². The maximum absolute atomic E-state index is 12.9. The van der Waals surface area contributed by atoms with Gasteiger partial charge in [0, 0.05) is 34.9 Å². The largest absolute Gasteiger partial charge is 0.395 e. The maximum atomic E-state index is 12.9. The minimum Gasteiger partial charge on any atom is -0.395 e. The normalized spacial score (nSPS) is 12.3. The first-order valence-electron chi connectivity index (χ1n) is 7.22. The Morgan fingerprint density at radius 2 is 1.86 bits per heavy atom. The van der Waals surface area contributed by atoms with Gasteiger partial charge >= 0.3 is 0 Å². The van der Waals surface area contributed by atoms with E-state index < -0.39 is 0 Å². The molecule has 22 heavy (non-hydrogen) atoms. The van der Waals surface area contributed by atoms with Crippen LogP contribution in [0.3, 0.4) is 0 Å². The Morgan fingerprint density at radius 1 is 1.05 bits per heavy atom. The van der Waals surface area contributed by atoms with Crippen LogP contribution in [0.1, 0.15) is 15.9 Å². The fourth-order valence-electron chi connectivity index (χ4n) is 3.07. The molecule has 0 amide bonds. The number of hydrogen-bond donors (Lipinski definition) is 2. The number of aliphatic hydroxyl groups excluding tert-OH is 1. The van der Waals surface area contributed by atoms with Crippen LogP contribution < -0.4 is 5.32 Å². The lowest BCUT2D eigenvalue weighted by molar-refractivity contribution is 0.104. The van der Waals surface area contributed by atoms with Crippen molar-refractivity contribution in [2.75, 3.05) is 18.5 Å². The second kappa shape index (κ2) is 4.93. The first kappa shape index (κ1) is 13.0. The van der Waals surface area contributed by atoms with Crippen molar-refractivity contribution in [1.82, 2.24) is 4.98 Å². The van der Waals surface area contributed by atoms with Gasteiger partial charge in [0.2, 0.25) is 0 Å². The number of benzene rings is 2. The zero-order valence-corrected chi connectivity index (χ0v) is 11.8. The second-order valence-corrected chi connectivity index (χ2v) is 5.27. The highest BCUT2D eigenvalue weighted by Crippen LogP contribution is 2.40. The Hall–Kier alpha value is -2.72. The van der Waals surface area contributed by atoms with Crippen molar-refractivity contribution in [2.24, 2.45) is 0 Å². The number of aliphatic hydroxyl groups is 1. The maximum Gasteiger partial charge on any atom is 0.196 e. The molecule has 1 aromatic heterocycles. The SMILES string of the molecule is O=C1c2ccccc2-c2nccc3ccc(NCCO)c1c23.